The van der Waals surface area contributed by atoms with Crippen LogP contribution in [0.5, 0.6) is 0 Å². The number of hydrogen-bond acceptors (Lipinski definition) is 5. The topological polar surface area (TPSA) is 93.3 Å². The molecular weight excluding hydrogens is 248 g/mol. The zero-order valence-corrected chi connectivity index (χ0v) is 11.3. The zero-order chi connectivity index (χ0) is 12.7. The van der Waals surface area contributed by atoms with Crippen LogP contribution in [0.2, 0.25) is 0 Å². The maximum atomic E-state index is 11.2. The quantitative estimate of drug-likeness (QED) is 0.837. The molecule has 3 N–H and O–H groups in total. The van der Waals surface area contributed by atoms with E-state index in [2.05, 4.69) is 4.98 Å². The van der Waals surface area contributed by atoms with Crippen molar-refractivity contribution in [3.05, 3.63) is 10.6 Å². The molecule has 16 heavy (non-hydrogen) atoms. The van der Waals surface area contributed by atoms with E-state index in [4.69, 9.17) is 5.14 Å². The van der Waals surface area contributed by atoms with Crippen LogP contribution in [0.1, 0.15) is 44.4 Å². The molecule has 0 aliphatic carbocycles. The van der Waals surface area contributed by atoms with Crippen LogP contribution in [0, 0.1) is 0 Å². The first-order chi connectivity index (χ1) is 7.03. The van der Waals surface area contributed by atoms with Crippen molar-refractivity contribution in [3.8, 4) is 0 Å². The van der Waals surface area contributed by atoms with Crippen LogP contribution in [0.25, 0.3) is 0 Å². The lowest BCUT2D eigenvalue weighted by atomic mass is 9.92. The molecule has 1 heterocycles. The Morgan fingerprint density at radius 1 is 1.44 bits per heavy atom. The van der Waals surface area contributed by atoms with Crippen molar-refractivity contribution in [2.75, 3.05) is 0 Å². The van der Waals surface area contributed by atoms with Crippen LogP contribution in [0.4, 0.5) is 0 Å². The van der Waals surface area contributed by atoms with Crippen molar-refractivity contribution in [1.29, 1.82) is 0 Å². The number of aliphatic hydroxyl groups is 1. The molecule has 0 radical (unpaired) electrons. The van der Waals surface area contributed by atoms with Crippen LogP contribution in [0.15, 0.2) is 4.34 Å². The number of rotatable bonds is 2. The summed E-state index contributed by atoms with van der Waals surface area (Å²) in [5.41, 5.74) is 0.119. The molecule has 1 unspecified atom stereocenters. The molecular formula is C9H16N2O3S2. The SMILES string of the molecule is CC(O)c1nc(S(N)(=O)=O)sc1C(C)(C)C. The Balaban J connectivity index is 3.44. The molecule has 0 fully saturated rings. The molecule has 1 rings (SSSR count). The van der Waals surface area contributed by atoms with Gasteiger partial charge in [-0.3, -0.25) is 0 Å². The van der Waals surface area contributed by atoms with E-state index >= 15 is 0 Å². The molecule has 92 valence electrons. The highest BCUT2D eigenvalue weighted by Crippen LogP contribution is 2.35. The fourth-order valence-electron chi connectivity index (χ4n) is 1.25. The molecule has 1 aromatic heterocycles. The average Bonchev–Trinajstić information content (AvgIpc) is 2.44. The first-order valence-corrected chi connectivity index (χ1v) is 7.12. The van der Waals surface area contributed by atoms with Crippen LogP contribution < -0.4 is 5.14 Å². The Morgan fingerprint density at radius 2 is 1.94 bits per heavy atom. The van der Waals surface area contributed by atoms with E-state index in [-0.39, 0.29) is 9.75 Å². The summed E-state index contributed by atoms with van der Waals surface area (Å²) < 4.78 is 22.2. The van der Waals surface area contributed by atoms with Gasteiger partial charge in [-0.2, -0.15) is 0 Å². The third kappa shape index (κ3) is 2.79. The predicted octanol–water partition coefficient (Wildman–Crippen LogP) is 1.14. The van der Waals surface area contributed by atoms with Gasteiger partial charge in [-0.15, -0.1) is 11.3 Å². The summed E-state index contributed by atoms with van der Waals surface area (Å²) in [6.45, 7) is 7.34. The normalized spacial score (nSPS) is 15.1. The minimum Gasteiger partial charge on any atom is -0.387 e. The van der Waals surface area contributed by atoms with Crippen LogP contribution in [0.3, 0.4) is 0 Å². The Bertz CT molecular complexity index is 483. The van der Waals surface area contributed by atoms with Gasteiger partial charge in [-0.25, -0.2) is 18.5 Å². The van der Waals surface area contributed by atoms with E-state index in [1.807, 2.05) is 20.8 Å². The molecule has 0 amide bonds. The van der Waals surface area contributed by atoms with E-state index in [0.717, 1.165) is 16.2 Å². The summed E-state index contributed by atoms with van der Waals surface area (Å²) in [4.78, 5) is 4.65. The van der Waals surface area contributed by atoms with E-state index in [1.54, 1.807) is 6.92 Å². The third-order valence-electron chi connectivity index (χ3n) is 1.95. The average molecular weight is 264 g/mol. The summed E-state index contributed by atoms with van der Waals surface area (Å²) >= 11 is 1.02. The first-order valence-electron chi connectivity index (χ1n) is 4.75. The number of aliphatic hydroxyl groups excluding tert-OH is 1. The highest BCUT2D eigenvalue weighted by molar-refractivity contribution is 7.91. The summed E-state index contributed by atoms with van der Waals surface area (Å²) in [6.07, 6.45) is -0.805. The van der Waals surface area contributed by atoms with Crippen molar-refractivity contribution >= 4 is 21.4 Å². The first kappa shape index (κ1) is 13.6. The standard InChI is InChI=1S/C9H16N2O3S2/c1-5(12)6-7(9(2,3)4)15-8(11-6)16(10,13)14/h5,12H,1-4H3,(H2,10,13,14). The van der Waals surface area contributed by atoms with Crippen molar-refractivity contribution in [2.24, 2.45) is 5.14 Å². The molecule has 1 atom stereocenters. The number of sulfonamides is 1. The van der Waals surface area contributed by atoms with Crippen LogP contribution in [-0.4, -0.2) is 18.5 Å². The third-order valence-corrected chi connectivity index (χ3v) is 4.77. The van der Waals surface area contributed by atoms with Crippen LogP contribution in [-0.2, 0) is 15.4 Å². The van der Waals surface area contributed by atoms with Crippen molar-refractivity contribution in [1.82, 2.24) is 4.98 Å². The van der Waals surface area contributed by atoms with E-state index in [0.29, 0.717) is 5.69 Å². The number of aromatic nitrogens is 1. The second-order valence-electron chi connectivity index (χ2n) is 4.67. The predicted molar refractivity (Wildman–Crippen MR) is 62.8 cm³/mol. The Labute approximate surface area is 99.4 Å². The second kappa shape index (κ2) is 4.06. The van der Waals surface area contributed by atoms with Gasteiger partial charge < -0.3 is 5.11 Å². The van der Waals surface area contributed by atoms with Gasteiger partial charge >= 0.3 is 0 Å². The van der Waals surface area contributed by atoms with E-state index in [1.165, 1.54) is 0 Å². The van der Waals surface area contributed by atoms with Gasteiger partial charge in [-0.1, -0.05) is 20.8 Å². The molecule has 5 nitrogen and oxygen atoms in total. The largest absolute Gasteiger partial charge is 0.387 e. The lowest BCUT2D eigenvalue weighted by Crippen LogP contribution is -2.13. The number of hydrogen-bond donors (Lipinski definition) is 2. The maximum absolute atomic E-state index is 11.2. The fraction of sp³-hybridized carbons (Fsp3) is 0.667. The van der Waals surface area contributed by atoms with Gasteiger partial charge in [0.25, 0.3) is 10.0 Å². The van der Waals surface area contributed by atoms with E-state index < -0.39 is 16.1 Å². The molecule has 0 spiro atoms. The molecule has 0 aliphatic rings. The van der Waals surface area contributed by atoms with Gasteiger partial charge in [0, 0.05) is 4.88 Å². The minimum absolute atomic E-state index is 0.145. The Morgan fingerprint density at radius 3 is 2.19 bits per heavy atom. The Kier molecular flexibility index (Phi) is 3.45. The molecule has 0 aliphatic heterocycles. The number of nitrogens with zero attached hydrogens (tertiary/aromatic N) is 1. The molecule has 0 saturated carbocycles. The van der Waals surface area contributed by atoms with Gasteiger partial charge in [0.1, 0.15) is 0 Å². The minimum atomic E-state index is -3.80. The van der Waals surface area contributed by atoms with Crippen molar-refractivity contribution in [3.63, 3.8) is 0 Å². The van der Waals surface area contributed by atoms with Gasteiger partial charge in [0.2, 0.25) is 4.34 Å². The number of thiazole rings is 1. The summed E-state index contributed by atoms with van der Waals surface area (Å²) in [6, 6.07) is 0. The smallest absolute Gasteiger partial charge is 0.265 e. The fourth-order valence-corrected chi connectivity index (χ4v) is 3.14. The zero-order valence-electron chi connectivity index (χ0n) is 9.68. The van der Waals surface area contributed by atoms with Crippen LogP contribution >= 0.6 is 11.3 Å². The van der Waals surface area contributed by atoms with E-state index in [9.17, 15) is 13.5 Å². The van der Waals surface area contributed by atoms with Crippen molar-refractivity contribution in [2.45, 2.75) is 43.6 Å². The maximum Gasteiger partial charge on any atom is 0.265 e. The Hall–Kier alpha value is -0.500. The molecule has 0 saturated heterocycles. The summed E-state index contributed by atoms with van der Waals surface area (Å²) in [5.74, 6) is 0. The number of nitrogens with two attached hydrogens (primary N) is 1. The highest BCUT2D eigenvalue weighted by Gasteiger charge is 2.28. The molecule has 0 bridgehead atoms. The van der Waals surface area contributed by atoms with Gasteiger partial charge in [-0.05, 0) is 12.3 Å². The number of primary sulfonamides is 1. The molecule has 1 aromatic rings. The van der Waals surface area contributed by atoms with Crippen molar-refractivity contribution < 1.29 is 13.5 Å². The lowest BCUT2D eigenvalue weighted by Gasteiger charge is -2.18. The second-order valence-corrected chi connectivity index (χ2v) is 7.40. The lowest BCUT2D eigenvalue weighted by molar-refractivity contribution is 0.192. The van der Waals surface area contributed by atoms with Gasteiger partial charge in [0.15, 0.2) is 0 Å². The monoisotopic (exact) mass is 264 g/mol. The molecule has 7 heteroatoms. The summed E-state index contributed by atoms with van der Waals surface area (Å²) in [5, 5.41) is 14.6. The highest BCUT2D eigenvalue weighted by atomic mass is 32.2. The summed E-state index contributed by atoms with van der Waals surface area (Å²) in [7, 11) is -3.80. The van der Waals surface area contributed by atoms with Gasteiger partial charge in [0.05, 0.1) is 11.8 Å². The molecule has 0 aromatic carbocycles.